The predicted octanol–water partition coefficient (Wildman–Crippen LogP) is 2.18. The first-order valence-electron chi connectivity index (χ1n) is 10.8. The molecule has 2 aromatic rings. The molecular formula is C20H30N6O2S. The van der Waals surface area contributed by atoms with Crippen LogP contribution in [0.4, 0.5) is 21.6 Å². The molecule has 4 rings (SSSR count). The lowest BCUT2D eigenvalue weighted by atomic mass is 10.1. The molecule has 1 aliphatic carbocycles. The zero-order valence-corrected chi connectivity index (χ0v) is 18.1. The Balaban J connectivity index is 1.55. The lowest BCUT2D eigenvalue weighted by Crippen LogP contribution is -2.46. The molecule has 0 spiro atoms. The van der Waals surface area contributed by atoms with Gasteiger partial charge in [-0.3, -0.25) is 9.59 Å². The van der Waals surface area contributed by atoms with Gasteiger partial charge < -0.3 is 20.0 Å². The van der Waals surface area contributed by atoms with E-state index in [0.29, 0.717) is 29.1 Å². The Labute approximate surface area is 175 Å². The molecule has 1 aromatic carbocycles. The second-order valence-corrected chi connectivity index (χ2v) is 8.88. The van der Waals surface area contributed by atoms with Crippen molar-refractivity contribution in [3.05, 3.63) is 20.4 Å². The summed E-state index contributed by atoms with van der Waals surface area (Å²) >= 11 is 1.51. The summed E-state index contributed by atoms with van der Waals surface area (Å²) < 4.78 is 0. The molecule has 8 nitrogen and oxygen atoms in total. The summed E-state index contributed by atoms with van der Waals surface area (Å²) in [7, 11) is 0. The highest BCUT2D eigenvalue weighted by Crippen LogP contribution is 2.35. The van der Waals surface area contributed by atoms with Gasteiger partial charge in [0.15, 0.2) is 0 Å². The summed E-state index contributed by atoms with van der Waals surface area (Å²) in [5.74, 6) is 0. The van der Waals surface area contributed by atoms with Crippen LogP contribution in [0.3, 0.4) is 0 Å². The number of nitrogens with zero attached hydrogens (tertiary/aromatic N) is 5. The van der Waals surface area contributed by atoms with Crippen LogP contribution in [0.5, 0.6) is 0 Å². The van der Waals surface area contributed by atoms with Gasteiger partial charge in [0.1, 0.15) is 11.4 Å². The Bertz CT molecular complexity index is 891. The third-order valence-electron chi connectivity index (χ3n) is 6.03. The summed E-state index contributed by atoms with van der Waals surface area (Å²) in [5.41, 5.74) is 0.145. The van der Waals surface area contributed by atoms with Crippen LogP contribution in [0, 0.1) is 0 Å². The van der Waals surface area contributed by atoms with Crippen LogP contribution in [-0.2, 0) is 0 Å². The summed E-state index contributed by atoms with van der Waals surface area (Å²) in [5, 5.41) is 13.7. The standard InChI is InChI=1S/C20H30N6O2S/c1-3-9-26(16-15(17(27)18(16)28)21-14-7-5-6-8-14)20-23-22-19(29-20)25-12-10-24(4-2)11-13-25/h14,21H,3-13H2,1-2H3. The normalized spacial score (nSPS) is 18.6. The molecule has 2 aliphatic rings. The Morgan fingerprint density at radius 2 is 1.79 bits per heavy atom. The number of rotatable bonds is 8. The fourth-order valence-electron chi connectivity index (χ4n) is 4.27. The van der Waals surface area contributed by atoms with Crippen LogP contribution in [-0.4, -0.2) is 60.4 Å². The molecule has 29 heavy (non-hydrogen) atoms. The van der Waals surface area contributed by atoms with Crippen LogP contribution in [0.25, 0.3) is 0 Å². The molecule has 1 aliphatic heterocycles. The quantitative estimate of drug-likeness (QED) is 0.654. The van der Waals surface area contributed by atoms with Crippen LogP contribution in [0.2, 0.25) is 0 Å². The average molecular weight is 419 g/mol. The summed E-state index contributed by atoms with van der Waals surface area (Å²) in [6, 6.07) is 0.292. The van der Waals surface area contributed by atoms with Crippen molar-refractivity contribution in [3.63, 3.8) is 0 Å². The zero-order valence-electron chi connectivity index (χ0n) is 17.3. The Kier molecular flexibility index (Phi) is 6.15. The third-order valence-corrected chi connectivity index (χ3v) is 7.04. The van der Waals surface area contributed by atoms with Crippen molar-refractivity contribution in [2.75, 3.05) is 54.4 Å². The molecule has 2 fully saturated rings. The number of piperazine rings is 1. The van der Waals surface area contributed by atoms with Gasteiger partial charge in [0, 0.05) is 38.8 Å². The van der Waals surface area contributed by atoms with Crippen molar-refractivity contribution in [1.29, 1.82) is 0 Å². The maximum atomic E-state index is 12.5. The van der Waals surface area contributed by atoms with Crippen molar-refractivity contribution in [2.24, 2.45) is 0 Å². The van der Waals surface area contributed by atoms with Gasteiger partial charge in [-0.25, -0.2) is 0 Å². The highest BCUT2D eigenvalue weighted by atomic mass is 32.1. The van der Waals surface area contributed by atoms with E-state index in [2.05, 4.69) is 39.2 Å². The van der Waals surface area contributed by atoms with Crippen molar-refractivity contribution in [3.8, 4) is 0 Å². The molecule has 0 bridgehead atoms. The van der Waals surface area contributed by atoms with Crippen LogP contribution in [0.1, 0.15) is 46.0 Å². The van der Waals surface area contributed by atoms with Gasteiger partial charge in [-0.05, 0) is 25.8 Å². The second kappa shape index (κ2) is 8.79. The fourth-order valence-corrected chi connectivity index (χ4v) is 5.20. The average Bonchev–Trinajstić information content (AvgIpc) is 3.44. The first-order valence-corrected chi connectivity index (χ1v) is 11.6. The minimum absolute atomic E-state index is 0.292. The molecule has 9 heteroatoms. The predicted molar refractivity (Wildman–Crippen MR) is 119 cm³/mol. The Morgan fingerprint density at radius 3 is 2.45 bits per heavy atom. The first-order chi connectivity index (χ1) is 14.1. The number of anilines is 4. The van der Waals surface area contributed by atoms with Gasteiger partial charge in [0.2, 0.25) is 10.3 Å². The number of hydrogen-bond acceptors (Lipinski definition) is 9. The van der Waals surface area contributed by atoms with E-state index in [9.17, 15) is 9.59 Å². The smallest absolute Gasteiger partial charge is 0.253 e. The monoisotopic (exact) mass is 418 g/mol. The molecule has 0 amide bonds. The van der Waals surface area contributed by atoms with Crippen LogP contribution < -0.4 is 26.0 Å². The first kappa shape index (κ1) is 20.3. The SMILES string of the molecule is CCCN(c1nnc(N2CCN(CC)CC2)s1)c1c(NC2CCCC2)c(=O)c1=O. The maximum Gasteiger partial charge on any atom is 0.253 e. The third kappa shape index (κ3) is 4.02. The van der Waals surface area contributed by atoms with E-state index in [0.717, 1.165) is 57.1 Å². The molecule has 2 heterocycles. The fraction of sp³-hybridized carbons (Fsp3) is 0.700. The van der Waals surface area contributed by atoms with E-state index in [-0.39, 0.29) is 0 Å². The summed E-state index contributed by atoms with van der Waals surface area (Å²) in [6.45, 7) is 9.88. The van der Waals surface area contributed by atoms with Gasteiger partial charge in [0.25, 0.3) is 10.9 Å². The lowest BCUT2D eigenvalue weighted by molar-refractivity contribution is 0.271. The minimum Gasteiger partial charge on any atom is -0.377 e. The Hall–Kier alpha value is -2.00. The Morgan fingerprint density at radius 1 is 1.07 bits per heavy atom. The maximum absolute atomic E-state index is 12.5. The molecule has 1 saturated heterocycles. The van der Waals surface area contributed by atoms with Gasteiger partial charge in [-0.2, -0.15) is 0 Å². The minimum atomic E-state index is -0.410. The van der Waals surface area contributed by atoms with Gasteiger partial charge in [-0.15, -0.1) is 10.2 Å². The van der Waals surface area contributed by atoms with Gasteiger partial charge in [0.05, 0.1) is 0 Å². The highest BCUT2D eigenvalue weighted by molar-refractivity contribution is 7.19. The van der Waals surface area contributed by atoms with E-state index >= 15 is 0 Å². The molecule has 0 atom stereocenters. The largest absolute Gasteiger partial charge is 0.377 e. The van der Waals surface area contributed by atoms with Crippen molar-refractivity contribution in [2.45, 2.75) is 52.0 Å². The van der Waals surface area contributed by atoms with Crippen LogP contribution >= 0.6 is 11.3 Å². The summed E-state index contributed by atoms with van der Waals surface area (Å²) in [6.07, 6.45) is 5.31. The summed E-state index contributed by atoms with van der Waals surface area (Å²) in [4.78, 5) is 31.3. The van der Waals surface area contributed by atoms with Crippen molar-refractivity contribution < 1.29 is 0 Å². The lowest BCUT2D eigenvalue weighted by Gasteiger charge is -2.33. The van der Waals surface area contributed by atoms with Crippen molar-refractivity contribution >= 4 is 33.0 Å². The molecular weight excluding hydrogens is 388 g/mol. The number of hydrogen-bond donors (Lipinski definition) is 1. The van der Waals surface area contributed by atoms with E-state index in [1.54, 1.807) is 0 Å². The number of aromatic nitrogens is 2. The van der Waals surface area contributed by atoms with Gasteiger partial charge >= 0.3 is 0 Å². The molecule has 0 unspecified atom stereocenters. The molecule has 1 N–H and O–H groups in total. The topological polar surface area (TPSA) is 81.7 Å². The molecule has 158 valence electrons. The second-order valence-electron chi connectivity index (χ2n) is 7.95. The zero-order chi connectivity index (χ0) is 20.4. The van der Waals surface area contributed by atoms with E-state index < -0.39 is 10.9 Å². The highest BCUT2D eigenvalue weighted by Gasteiger charge is 2.31. The molecule has 1 aromatic heterocycles. The van der Waals surface area contributed by atoms with Gasteiger partial charge in [-0.1, -0.05) is 38.0 Å². The molecule has 0 radical (unpaired) electrons. The van der Waals surface area contributed by atoms with E-state index in [1.807, 2.05) is 4.90 Å². The van der Waals surface area contributed by atoms with Crippen molar-refractivity contribution in [1.82, 2.24) is 15.1 Å². The number of likely N-dealkylation sites (N-methyl/N-ethyl adjacent to an activating group) is 1. The molecule has 1 saturated carbocycles. The van der Waals surface area contributed by atoms with E-state index in [1.165, 1.54) is 24.2 Å². The number of nitrogens with one attached hydrogen (secondary N) is 1. The van der Waals surface area contributed by atoms with E-state index in [4.69, 9.17) is 0 Å². The van der Waals surface area contributed by atoms with Crippen LogP contribution in [0.15, 0.2) is 9.59 Å².